The van der Waals surface area contributed by atoms with Crippen molar-refractivity contribution in [3.8, 4) is 0 Å². The zero-order valence-corrected chi connectivity index (χ0v) is 18.4. The molecule has 166 valence electrons. The molecule has 0 spiro atoms. The third-order valence-corrected chi connectivity index (χ3v) is 6.68. The van der Waals surface area contributed by atoms with Crippen molar-refractivity contribution >= 4 is 5.91 Å². The number of carbonyl (C=O) groups excluding carboxylic acids is 1. The van der Waals surface area contributed by atoms with Crippen LogP contribution in [-0.2, 0) is 22.4 Å². The Hall–Kier alpha value is -2.95. The molecule has 0 bridgehead atoms. The van der Waals surface area contributed by atoms with Gasteiger partial charge in [-0.05, 0) is 42.4 Å². The molecule has 1 unspecified atom stereocenters. The van der Waals surface area contributed by atoms with Crippen LogP contribution in [0.1, 0.15) is 42.4 Å². The van der Waals surface area contributed by atoms with Crippen LogP contribution in [0.2, 0.25) is 0 Å². The van der Waals surface area contributed by atoms with Gasteiger partial charge in [0.05, 0.1) is 17.6 Å². The largest absolute Gasteiger partial charge is 0.385 e. The Morgan fingerprint density at radius 3 is 1.97 bits per heavy atom. The number of aliphatic hydroxyl groups is 2. The summed E-state index contributed by atoms with van der Waals surface area (Å²) in [5, 5.41) is 22.7. The van der Waals surface area contributed by atoms with Gasteiger partial charge >= 0.3 is 0 Å². The highest BCUT2D eigenvalue weighted by Gasteiger charge is 2.38. The lowest BCUT2D eigenvalue weighted by Crippen LogP contribution is -2.47. The van der Waals surface area contributed by atoms with Crippen molar-refractivity contribution in [3.05, 3.63) is 108 Å². The summed E-state index contributed by atoms with van der Waals surface area (Å²) in [6.45, 7) is 0.960. The van der Waals surface area contributed by atoms with Crippen LogP contribution >= 0.6 is 0 Å². The normalized spacial score (nSPS) is 17.5. The van der Waals surface area contributed by atoms with Gasteiger partial charge in [0.25, 0.3) is 0 Å². The van der Waals surface area contributed by atoms with E-state index in [-0.39, 0.29) is 12.3 Å². The van der Waals surface area contributed by atoms with Gasteiger partial charge in [0.2, 0.25) is 5.91 Å². The second-order valence-electron chi connectivity index (χ2n) is 8.84. The van der Waals surface area contributed by atoms with E-state index < -0.39 is 11.2 Å². The van der Waals surface area contributed by atoms with Crippen LogP contribution in [-0.4, -0.2) is 34.1 Å². The molecule has 1 aliphatic rings. The molecular formula is C28H31NO3. The number of amides is 1. The second-order valence-corrected chi connectivity index (χ2v) is 8.84. The van der Waals surface area contributed by atoms with Crippen LogP contribution in [0.5, 0.6) is 0 Å². The van der Waals surface area contributed by atoms with Crippen molar-refractivity contribution in [1.82, 2.24) is 4.90 Å². The maximum atomic E-state index is 13.2. The minimum Gasteiger partial charge on any atom is -0.385 e. The molecule has 0 saturated carbocycles. The summed E-state index contributed by atoms with van der Waals surface area (Å²) in [6.07, 6.45) is 2.18. The minimum absolute atomic E-state index is 0.0353. The van der Waals surface area contributed by atoms with Crippen LogP contribution in [0.3, 0.4) is 0 Å². The van der Waals surface area contributed by atoms with E-state index in [1.807, 2.05) is 91.0 Å². The Bertz CT molecular complexity index is 999. The third-order valence-electron chi connectivity index (χ3n) is 6.68. The Morgan fingerprint density at radius 1 is 0.844 bits per heavy atom. The molecule has 32 heavy (non-hydrogen) atoms. The van der Waals surface area contributed by atoms with Gasteiger partial charge in [-0.1, -0.05) is 91.0 Å². The van der Waals surface area contributed by atoms with E-state index in [2.05, 4.69) is 0 Å². The number of carbonyl (C=O) groups is 1. The van der Waals surface area contributed by atoms with Gasteiger partial charge in [-0.2, -0.15) is 0 Å². The molecule has 0 aliphatic carbocycles. The second kappa shape index (κ2) is 9.68. The smallest absolute Gasteiger partial charge is 0.225 e. The summed E-state index contributed by atoms with van der Waals surface area (Å²) >= 11 is 0. The molecule has 4 heteroatoms. The van der Waals surface area contributed by atoms with Crippen LogP contribution in [0.25, 0.3) is 0 Å². The maximum Gasteiger partial charge on any atom is 0.225 e. The van der Waals surface area contributed by atoms with Crippen molar-refractivity contribution in [3.63, 3.8) is 0 Å². The zero-order chi connectivity index (χ0) is 22.4. The topological polar surface area (TPSA) is 60.8 Å². The van der Waals surface area contributed by atoms with Crippen molar-refractivity contribution in [2.45, 2.75) is 43.3 Å². The van der Waals surface area contributed by atoms with E-state index in [1.54, 1.807) is 4.90 Å². The summed E-state index contributed by atoms with van der Waals surface area (Å²) in [6, 6.07) is 29.2. The highest BCUT2D eigenvalue weighted by molar-refractivity contribution is 5.77. The van der Waals surface area contributed by atoms with Crippen LogP contribution in [0, 0.1) is 0 Å². The van der Waals surface area contributed by atoms with Gasteiger partial charge in [-0.3, -0.25) is 4.79 Å². The van der Waals surface area contributed by atoms with E-state index in [4.69, 9.17) is 0 Å². The van der Waals surface area contributed by atoms with E-state index in [0.717, 1.165) is 16.7 Å². The van der Waals surface area contributed by atoms with Crippen molar-refractivity contribution < 1.29 is 15.0 Å². The molecule has 1 atom stereocenters. The molecule has 1 saturated heterocycles. The number of piperidine rings is 1. The van der Waals surface area contributed by atoms with E-state index in [9.17, 15) is 15.0 Å². The molecule has 0 aromatic heterocycles. The Labute approximate surface area is 190 Å². The zero-order valence-electron chi connectivity index (χ0n) is 18.4. The number of aryl methyl sites for hydroxylation is 1. The fourth-order valence-corrected chi connectivity index (χ4v) is 4.60. The van der Waals surface area contributed by atoms with Crippen molar-refractivity contribution in [1.29, 1.82) is 0 Å². The van der Waals surface area contributed by atoms with E-state index in [0.29, 0.717) is 38.8 Å². The number of likely N-dealkylation sites (tertiary alicyclic amines) is 1. The Balaban J connectivity index is 1.45. The summed E-state index contributed by atoms with van der Waals surface area (Å²) < 4.78 is 0. The van der Waals surface area contributed by atoms with Gasteiger partial charge < -0.3 is 15.1 Å². The average molecular weight is 430 g/mol. The fraction of sp³-hybridized carbons (Fsp3) is 0.321. The van der Waals surface area contributed by atoms with Crippen LogP contribution < -0.4 is 0 Å². The van der Waals surface area contributed by atoms with Crippen molar-refractivity contribution in [2.75, 3.05) is 13.1 Å². The molecule has 0 radical (unpaired) electrons. The van der Waals surface area contributed by atoms with Crippen LogP contribution in [0.4, 0.5) is 0 Å². The molecule has 3 aromatic rings. The Morgan fingerprint density at radius 2 is 1.38 bits per heavy atom. The lowest BCUT2D eigenvalue weighted by molar-refractivity contribution is -0.141. The first-order valence-corrected chi connectivity index (χ1v) is 11.4. The first-order chi connectivity index (χ1) is 15.5. The molecule has 3 aromatic carbocycles. The number of hydrogen-bond donors (Lipinski definition) is 2. The highest BCUT2D eigenvalue weighted by Crippen LogP contribution is 2.35. The molecule has 1 heterocycles. The molecule has 1 aliphatic heterocycles. The minimum atomic E-state index is -1.23. The number of hydrogen-bond acceptors (Lipinski definition) is 3. The predicted molar refractivity (Wildman–Crippen MR) is 126 cm³/mol. The monoisotopic (exact) mass is 429 g/mol. The molecule has 4 rings (SSSR count). The van der Waals surface area contributed by atoms with Gasteiger partial charge in [0.15, 0.2) is 0 Å². The lowest BCUT2D eigenvalue weighted by atomic mass is 9.82. The molecule has 4 nitrogen and oxygen atoms in total. The average Bonchev–Trinajstić information content (AvgIpc) is 2.85. The number of nitrogens with zero attached hydrogens (tertiary/aromatic N) is 1. The first kappa shape index (κ1) is 22.3. The van der Waals surface area contributed by atoms with Crippen molar-refractivity contribution in [2.24, 2.45) is 0 Å². The third kappa shape index (κ3) is 5.09. The predicted octanol–water partition coefficient (Wildman–Crippen LogP) is 4.41. The first-order valence-electron chi connectivity index (χ1n) is 11.4. The molecule has 2 N–H and O–H groups in total. The highest BCUT2D eigenvalue weighted by atomic mass is 16.3. The fourth-order valence-electron chi connectivity index (χ4n) is 4.60. The summed E-state index contributed by atoms with van der Waals surface area (Å²) in [7, 11) is 0. The number of rotatable bonds is 7. The summed E-state index contributed by atoms with van der Waals surface area (Å²) in [4.78, 5) is 15.0. The molecule has 1 amide bonds. The summed E-state index contributed by atoms with van der Waals surface area (Å²) in [5.41, 5.74) is 0.667. The van der Waals surface area contributed by atoms with Gasteiger partial charge in [-0.15, -0.1) is 0 Å². The SMILES string of the molecule is O=C(CC(O)(CCc1ccccc1)c1ccccc1)N1CCC(O)(c2ccccc2)CC1. The van der Waals surface area contributed by atoms with Gasteiger partial charge in [-0.25, -0.2) is 0 Å². The van der Waals surface area contributed by atoms with E-state index in [1.165, 1.54) is 0 Å². The van der Waals surface area contributed by atoms with E-state index >= 15 is 0 Å². The lowest BCUT2D eigenvalue weighted by Gasteiger charge is -2.40. The van der Waals surface area contributed by atoms with Gasteiger partial charge in [0, 0.05) is 13.1 Å². The maximum absolute atomic E-state index is 13.2. The Kier molecular flexibility index (Phi) is 6.73. The van der Waals surface area contributed by atoms with Gasteiger partial charge in [0.1, 0.15) is 0 Å². The number of benzene rings is 3. The molecule has 1 fully saturated rings. The quantitative estimate of drug-likeness (QED) is 0.585. The van der Waals surface area contributed by atoms with Crippen LogP contribution in [0.15, 0.2) is 91.0 Å². The standard InChI is InChI=1S/C28H31NO3/c30-26(29-20-18-27(31,19-21-29)24-12-6-2-7-13-24)22-28(32,25-14-8-3-9-15-25)17-16-23-10-4-1-5-11-23/h1-15,31-32H,16-22H2. The molecular weight excluding hydrogens is 398 g/mol. The summed E-state index contributed by atoms with van der Waals surface area (Å²) in [5.74, 6) is -0.0699.